The summed E-state index contributed by atoms with van der Waals surface area (Å²) in [5, 5.41) is 12.4. The standard InChI is InChI=1S/C23H22ClF2N3O5/c1-11-10-34-23-7-3-2-4-15(23)28-9-13(19(30)20(31)18(28)22(33)29(11)23)21(32)27-8-12-5-6-14(25)16(24)17(12)26/h5-6,9,11,15,31H,2-4,7-8,10H2,1H3,(H,27,32)/t11-,15+,23+/m1/s1. The number of hydrogen-bond donors (Lipinski definition) is 2. The molecule has 1 saturated heterocycles. The largest absolute Gasteiger partial charge is 0.503 e. The van der Waals surface area contributed by atoms with Crippen molar-refractivity contribution < 1.29 is 28.2 Å². The SMILES string of the molecule is C[C@@H]1CO[C@@]23CCCC[C@@H]2n2cc(C(=O)NCc4ccc(F)c(Cl)c4F)c(=O)c(O)c2C(=O)N13. The molecule has 0 radical (unpaired) electrons. The van der Waals surface area contributed by atoms with Crippen LogP contribution in [-0.4, -0.2) is 44.8 Å². The monoisotopic (exact) mass is 493 g/mol. The summed E-state index contributed by atoms with van der Waals surface area (Å²) in [6, 6.07) is 1.49. The highest BCUT2D eigenvalue weighted by Gasteiger charge is 2.59. The van der Waals surface area contributed by atoms with Crippen molar-refractivity contribution in [3.8, 4) is 5.75 Å². The molecule has 3 heterocycles. The number of rotatable bonds is 3. The van der Waals surface area contributed by atoms with Crippen LogP contribution in [0.1, 0.15) is 65.1 Å². The minimum absolute atomic E-state index is 0.0765. The van der Waals surface area contributed by atoms with E-state index in [1.165, 1.54) is 10.8 Å². The number of halogens is 3. The van der Waals surface area contributed by atoms with Crippen LogP contribution in [0, 0.1) is 11.6 Å². The number of carbonyl (C=O) groups is 2. The predicted octanol–water partition coefficient (Wildman–Crippen LogP) is 3.10. The summed E-state index contributed by atoms with van der Waals surface area (Å²) in [7, 11) is 0. The lowest BCUT2D eigenvalue weighted by molar-refractivity contribution is -0.135. The van der Waals surface area contributed by atoms with Gasteiger partial charge in [0, 0.05) is 18.3 Å². The van der Waals surface area contributed by atoms with E-state index in [-0.39, 0.29) is 29.9 Å². The Bertz CT molecular complexity index is 1280. The van der Waals surface area contributed by atoms with Gasteiger partial charge in [0.2, 0.25) is 5.43 Å². The Labute approximate surface area is 198 Å². The maximum absolute atomic E-state index is 14.2. The quantitative estimate of drug-likeness (QED) is 0.640. The Morgan fingerprint density at radius 1 is 1.32 bits per heavy atom. The van der Waals surface area contributed by atoms with Crippen LogP contribution >= 0.6 is 11.6 Å². The van der Waals surface area contributed by atoms with E-state index in [0.29, 0.717) is 19.4 Å². The fourth-order valence-electron chi connectivity index (χ4n) is 5.39. The van der Waals surface area contributed by atoms with Gasteiger partial charge in [0.1, 0.15) is 22.2 Å². The molecular weight excluding hydrogens is 472 g/mol. The average molecular weight is 494 g/mol. The third-order valence-electron chi connectivity index (χ3n) is 6.97. The average Bonchev–Trinajstić information content (AvgIpc) is 3.15. The minimum atomic E-state index is -1.02. The third-order valence-corrected chi connectivity index (χ3v) is 7.32. The van der Waals surface area contributed by atoms with Gasteiger partial charge in [-0.25, -0.2) is 8.78 Å². The molecule has 5 rings (SSSR count). The molecule has 180 valence electrons. The zero-order valence-electron chi connectivity index (χ0n) is 18.2. The second-order valence-corrected chi connectivity index (χ2v) is 9.31. The topological polar surface area (TPSA) is 101 Å². The van der Waals surface area contributed by atoms with E-state index in [4.69, 9.17) is 16.3 Å². The molecule has 3 aliphatic rings. The first kappa shape index (κ1) is 22.8. The van der Waals surface area contributed by atoms with Gasteiger partial charge >= 0.3 is 0 Å². The third kappa shape index (κ3) is 3.15. The fourth-order valence-corrected chi connectivity index (χ4v) is 5.58. The lowest BCUT2D eigenvalue weighted by Gasteiger charge is -2.51. The second kappa shape index (κ2) is 8.06. The molecule has 11 heteroatoms. The van der Waals surface area contributed by atoms with Crippen LogP contribution in [0.5, 0.6) is 5.75 Å². The van der Waals surface area contributed by atoms with E-state index in [1.807, 2.05) is 6.92 Å². The molecule has 1 aromatic carbocycles. The Hall–Kier alpha value is -2.98. The molecule has 8 nitrogen and oxygen atoms in total. The van der Waals surface area contributed by atoms with Crippen LogP contribution in [0.15, 0.2) is 23.1 Å². The maximum atomic E-state index is 14.2. The zero-order chi connectivity index (χ0) is 24.4. The van der Waals surface area contributed by atoms with Crippen molar-refractivity contribution >= 4 is 23.4 Å². The summed E-state index contributed by atoms with van der Waals surface area (Å²) >= 11 is 5.58. The van der Waals surface area contributed by atoms with Crippen molar-refractivity contribution in [2.24, 2.45) is 0 Å². The van der Waals surface area contributed by atoms with Crippen molar-refractivity contribution in [2.75, 3.05) is 6.61 Å². The van der Waals surface area contributed by atoms with Crippen LogP contribution in [0.2, 0.25) is 5.02 Å². The number of benzene rings is 1. The summed E-state index contributed by atoms with van der Waals surface area (Å²) in [5.41, 5.74) is -2.55. The number of hydrogen-bond acceptors (Lipinski definition) is 5. The summed E-state index contributed by atoms with van der Waals surface area (Å²) in [5.74, 6) is -4.17. The van der Waals surface area contributed by atoms with Crippen molar-refractivity contribution in [1.29, 1.82) is 0 Å². The lowest BCUT2D eigenvalue weighted by Crippen LogP contribution is -2.61. The van der Waals surface area contributed by atoms with Crippen molar-refractivity contribution in [2.45, 2.75) is 57.0 Å². The van der Waals surface area contributed by atoms with E-state index in [2.05, 4.69) is 5.32 Å². The first-order chi connectivity index (χ1) is 16.2. The molecular formula is C23H22ClF2N3O5. The summed E-state index contributed by atoms with van der Waals surface area (Å²) < 4.78 is 35.2. The summed E-state index contributed by atoms with van der Waals surface area (Å²) in [6.07, 6.45) is 4.21. The van der Waals surface area contributed by atoms with E-state index < -0.39 is 50.9 Å². The van der Waals surface area contributed by atoms with Crippen molar-refractivity contribution in [1.82, 2.24) is 14.8 Å². The van der Waals surface area contributed by atoms with E-state index in [9.17, 15) is 28.3 Å². The van der Waals surface area contributed by atoms with Crippen molar-refractivity contribution in [3.63, 3.8) is 0 Å². The van der Waals surface area contributed by atoms with Crippen LogP contribution in [0.4, 0.5) is 8.78 Å². The highest BCUT2D eigenvalue weighted by atomic mass is 35.5. The highest BCUT2D eigenvalue weighted by molar-refractivity contribution is 6.30. The smallest absolute Gasteiger partial charge is 0.277 e. The van der Waals surface area contributed by atoms with Crippen LogP contribution in [-0.2, 0) is 11.3 Å². The number of pyridine rings is 1. The first-order valence-electron chi connectivity index (χ1n) is 11.0. The number of nitrogens with one attached hydrogen (secondary N) is 1. The van der Waals surface area contributed by atoms with E-state index >= 15 is 0 Å². The molecule has 1 saturated carbocycles. The molecule has 3 atom stereocenters. The first-order valence-corrected chi connectivity index (χ1v) is 11.4. The van der Waals surface area contributed by atoms with Crippen molar-refractivity contribution in [3.05, 3.63) is 62.0 Å². The molecule has 2 fully saturated rings. The van der Waals surface area contributed by atoms with E-state index in [1.54, 1.807) is 4.90 Å². The maximum Gasteiger partial charge on any atom is 0.277 e. The Kier molecular flexibility index (Phi) is 5.40. The molecule has 0 unspecified atom stereocenters. The second-order valence-electron chi connectivity index (χ2n) is 8.94. The molecule has 2 aromatic rings. The Morgan fingerprint density at radius 3 is 2.85 bits per heavy atom. The van der Waals surface area contributed by atoms with Gasteiger partial charge in [-0.3, -0.25) is 14.4 Å². The minimum Gasteiger partial charge on any atom is -0.503 e. The molecule has 1 aliphatic carbocycles. The van der Waals surface area contributed by atoms with Crippen LogP contribution < -0.4 is 10.7 Å². The zero-order valence-corrected chi connectivity index (χ0v) is 19.0. The van der Waals surface area contributed by atoms with Gasteiger partial charge in [-0.15, -0.1) is 0 Å². The molecule has 2 N–H and O–H groups in total. The number of fused-ring (bicyclic) bond motifs is 2. The number of amides is 2. The molecule has 0 bridgehead atoms. The number of aromatic hydroxyl groups is 1. The molecule has 2 aliphatic heterocycles. The van der Waals surface area contributed by atoms with Gasteiger partial charge in [-0.2, -0.15) is 0 Å². The summed E-state index contributed by atoms with van der Waals surface area (Å²) in [4.78, 5) is 40.7. The molecule has 1 spiro atoms. The molecule has 34 heavy (non-hydrogen) atoms. The number of ether oxygens (including phenoxy) is 1. The van der Waals surface area contributed by atoms with Gasteiger partial charge in [0.05, 0.1) is 18.7 Å². The lowest BCUT2D eigenvalue weighted by atomic mass is 9.82. The number of nitrogens with zero attached hydrogens (tertiary/aromatic N) is 2. The highest BCUT2D eigenvalue weighted by Crippen LogP contribution is 2.51. The summed E-state index contributed by atoms with van der Waals surface area (Å²) in [6.45, 7) is 1.82. The normalized spacial score (nSPS) is 25.5. The number of aromatic nitrogens is 1. The van der Waals surface area contributed by atoms with Gasteiger partial charge in [-0.05, 0) is 32.3 Å². The fraction of sp³-hybridized carbons (Fsp3) is 0.435. The van der Waals surface area contributed by atoms with Crippen LogP contribution in [0.3, 0.4) is 0 Å². The van der Waals surface area contributed by atoms with Crippen LogP contribution in [0.25, 0.3) is 0 Å². The Morgan fingerprint density at radius 2 is 2.09 bits per heavy atom. The van der Waals surface area contributed by atoms with E-state index in [0.717, 1.165) is 25.0 Å². The Balaban J connectivity index is 1.53. The predicted molar refractivity (Wildman–Crippen MR) is 117 cm³/mol. The van der Waals surface area contributed by atoms with Gasteiger partial charge in [0.25, 0.3) is 11.8 Å². The molecule has 1 aromatic heterocycles. The molecule has 2 amide bonds. The van der Waals surface area contributed by atoms with Gasteiger partial charge in [0.15, 0.2) is 17.2 Å². The van der Waals surface area contributed by atoms with Gasteiger partial charge in [-0.1, -0.05) is 24.1 Å². The van der Waals surface area contributed by atoms with Gasteiger partial charge < -0.3 is 24.6 Å². The number of carbonyl (C=O) groups excluding carboxylic acids is 2.